The minimum Gasteiger partial charge on any atom is -0.376 e. The third-order valence-corrected chi connectivity index (χ3v) is 5.07. The van der Waals surface area contributed by atoms with E-state index in [-0.39, 0.29) is 18.6 Å². The summed E-state index contributed by atoms with van der Waals surface area (Å²) in [5, 5.41) is 3.88. The van der Waals surface area contributed by atoms with E-state index in [9.17, 15) is 14.4 Å². The van der Waals surface area contributed by atoms with E-state index in [0.717, 1.165) is 23.5 Å². The summed E-state index contributed by atoms with van der Waals surface area (Å²) in [6, 6.07) is 9.66. The van der Waals surface area contributed by atoms with Crippen molar-refractivity contribution in [1.29, 1.82) is 0 Å². The zero-order valence-corrected chi connectivity index (χ0v) is 15.0. The molecule has 144 valence electrons. The van der Waals surface area contributed by atoms with Gasteiger partial charge >= 0.3 is 11.8 Å². The first-order chi connectivity index (χ1) is 13.1. The van der Waals surface area contributed by atoms with Gasteiger partial charge in [0.15, 0.2) is 6.29 Å². The first-order valence-corrected chi connectivity index (χ1v) is 9.22. The Morgan fingerprint density at radius 1 is 1.15 bits per heavy atom. The number of benzene rings is 1. The molecule has 9 nitrogen and oxygen atoms in total. The molecule has 3 aliphatic rings. The molecule has 1 aromatic carbocycles. The predicted molar refractivity (Wildman–Crippen MR) is 96.1 cm³/mol. The molecule has 3 fully saturated rings. The molecule has 27 heavy (non-hydrogen) atoms. The maximum Gasteiger partial charge on any atom is 0.326 e. The van der Waals surface area contributed by atoms with Crippen LogP contribution in [-0.4, -0.2) is 72.8 Å². The minimum atomic E-state index is -0.714. The largest absolute Gasteiger partial charge is 0.376 e. The van der Waals surface area contributed by atoms with Crippen LogP contribution in [-0.2, 0) is 19.1 Å². The van der Waals surface area contributed by atoms with Gasteiger partial charge in [0.25, 0.3) is 0 Å². The maximum absolute atomic E-state index is 12.5. The van der Waals surface area contributed by atoms with Crippen LogP contribution in [0.5, 0.6) is 0 Å². The van der Waals surface area contributed by atoms with E-state index in [1.165, 1.54) is 4.90 Å². The van der Waals surface area contributed by atoms with Crippen LogP contribution in [0.1, 0.15) is 12.8 Å². The molecule has 4 rings (SSSR count). The van der Waals surface area contributed by atoms with Crippen molar-refractivity contribution in [2.45, 2.75) is 25.2 Å². The highest BCUT2D eigenvalue weighted by molar-refractivity contribution is 6.35. The van der Waals surface area contributed by atoms with Crippen molar-refractivity contribution < 1.29 is 19.1 Å². The van der Waals surface area contributed by atoms with E-state index in [1.54, 1.807) is 0 Å². The van der Waals surface area contributed by atoms with Gasteiger partial charge in [-0.05, 0) is 25.0 Å². The molecule has 0 aliphatic carbocycles. The van der Waals surface area contributed by atoms with Crippen LogP contribution < -0.4 is 15.6 Å². The summed E-state index contributed by atoms with van der Waals surface area (Å²) in [7, 11) is 0. The summed E-state index contributed by atoms with van der Waals surface area (Å²) in [6.07, 6.45) is 1.46. The van der Waals surface area contributed by atoms with Gasteiger partial charge in [-0.3, -0.25) is 24.3 Å². The van der Waals surface area contributed by atoms with E-state index in [1.807, 2.05) is 35.2 Å². The summed E-state index contributed by atoms with van der Waals surface area (Å²) in [6.45, 7) is 1.98. The molecule has 3 saturated heterocycles. The lowest BCUT2D eigenvalue weighted by atomic mass is 10.2. The quantitative estimate of drug-likeness (QED) is 0.661. The number of carbonyl (C=O) groups is 3. The number of rotatable bonds is 5. The van der Waals surface area contributed by atoms with Gasteiger partial charge in [0, 0.05) is 31.9 Å². The van der Waals surface area contributed by atoms with E-state index >= 15 is 0 Å². The van der Waals surface area contributed by atoms with Crippen LogP contribution in [0, 0.1) is 0 Å². The molecule has 3 aliphatic heterocycles. The zero-order valence-electron chi connectivity index (χ0n) is 15.0. The SMILES string of the molecule is O=C(CN1NC2N(CCN2c2ccccc2)C(=O)C1=O)NCC1CCCO1. The minimum absolute atomic E-state index is 0.0273. The molecule has 2 N–H and O–H groups in total. The van der Waals surface area contributed by atoms with Crippen molar-refractivity contribution >= 4 is 23.4 Å². The Bertz CT molecular complexity index is 722. The lowest BCUT2D eigenvalue weighted by Crippen LogP contribution is -2.68. The number of nitrogens with one attached hydrogen (secondary N) is 2. The van der Waals surface area contributed by atoms with Gasteiger partial charge in [-0.25, -0.2) is 0 Å². The van der Waals surface area contributed by atoms with Gasteiger partial charge in [0.2, 0.25) is 5.91 Å². The smallest absolute Gasteiger partial charge is 0.326 e. The van der Waals surface area contributed by atoms with Crippen LogP contribution in [0.4, 0.5) is 5.69 Å². The number of hydrogen-bond donors (Lipinski definition) is 2. The standard InChI is InChI=1S/C18H23N5O4/c24-15(19-11-14-7-4-10-27-14)12-23-17(26)16(25)22-9-8-21(18(22)20-23)13-5-2-1-3-6-13/h1-3,5-6,14,18,20H,4,7-12H2,(H,19,24). The number of ether oxygens (including phenoxy) is 1. The fourth-order valence-corrected chi connectivity index (χ4v) is 3.66. The molecule has 3 heterocycles. The van der Waals surface area contributed by atoms with Crippen LogP contribution in [0.2, 0.25) is 0 Å². The molecule has 0 radical (unpaired) electrons. The molecule has 0 spiro atoms. The Morgan fingerprint density at radius 2 is 1.93 bits per heavy atom. The van der Waals surface area contributed by atoms with Crippen molar-refractivity contribution in [1.82, 2.24) is 20.7 Å². The average Bonchev–Trinajstić information content (AvgIpc) is 3.35. The third-order valence-electron chi connectivity index (χ3n) is 5.07. The molecular formula is C18H23N5O4. The van der Waals surface area contributed by atoms with E-state index < -0.39 is 18.1 Å². The molecule has 2 unspecified atom stereocenters. The monoisotopic (exact) mass is 373 g/mol. The molecule has 1 aromatic rings. The number of para-hydroxylation sites is 1. The average molecular weight is 373 g/mol. The molecular weight excluding hydrogens is 350 g/mol. The lowest BCUT2D eigenvalue weighted by Gasteiger charge is -2.40. The van der Waals surface area contributed by atoms with Crippen LogP contribution >= 0.6 is 0 Å². The summed E-state index contributed by atoms with van der Waals surface area (Å²) >= 11 is 0. The van der Waals surface area contributed by atoms with Crippen LogP contribution in [0.25, 0.3) is 0 Å². The van der Waals surface area contributed by atoms with Crippen molar-refractivity contribution in [2.75, 3.05) is 37.7 Å². The van der Waals surface area contributed by atoms with Gasteiger partial charge in [0.1, 0.15) is 6.54 Å². The van der Waals surface area contributed by atoms with Gasteiger partial charge in [-0.1, -0.05) is 18.2 Å². The normalized spacial score (nSPS) is 25.1. The molecule has 0 saturated carbocycles. The van der Waals surface area contributed by atoms with Crippen molar-refractivity contribution in [2.24, 2.45) is 0 Å². The van der Waals surface area contributed by atoms with Gasteiger partial charge < -0.3 is 15.0 Å². The first kappa shape index (κ1) is 17.7. The Morgan fingerprint density at radius 3 is 2.67 bits per heavy atom. The van der Waals surface area contributed by atoms with E-state index in [4.69, 9.17) is 4.74 Å². The highest BCUT2D eigenvalue weighted by Crippen LogP contribution is 2.24. The predicted octanol–water partition coefficient (Wildman–Crippen LogP) is -0.739. The van der Waals surface area contributed by atoms with E-state index in [0.29, 0.717) is 26.2 Å². The molecule has 2 atom stereocenters. The van der Waals surface area contributed by atoms with Gasteiger partial charge in [-0.15, -0.1) is 0 Å². The number of carbonyl (C=O) groups excluding carboxylic acids is 3. The summed E-state index contributed by atoms with van der Waals surface area (Å²) < 4.78 is 5.47. The van der Waals surface area contributed by atoms with Crippen LogP contribution in [0.15, 0.2) is 30.3 Å². The van der Waals surface area contributed by atoms with Gasteiger partial charge in [-0.2, -0.15) is 5.43 Å². The maximum atomic E-state index is 12.5. The molecule has 0 aromatic heterocycles. The number of nitrogens with zero attached hydrogens (tertiary/aromatic N) is 3. The zero-order chi connectivity index (χ0) is 18.8. The Balaban J connectivity index is 1.40. The number of hydrazine groups is 1. The topological polar surface area (TPSA) is 94.2 Å². The van der Waals surface area contributed by atoms with Gasteiger partial charge in [0.05, 0.1) is 6.10 Å². The molecule has 0 bridgehead atoms. The number of anilines is 1. The van der Waals surface area contributed by atoms with E-state index in [2.05, 4.69) is 10.7 Å². The highest BCUT2D eigenvalue weighted by Gasteiger charge is 2.45. The summed E-state index contributed by atoms with van der Waals surface area (Å²) in [4.78, 5) is 40.5. The molecule has 9 heteroatoms. The summed E-state index contributed by atoms with van der Waals surface area (Å²) in [5.41, 5.74) is 3.97. The number of amides is 3. The lowest BCUT2D eigenvalue weighted by molar-refractivity contribution is -0.163. The molecule has 3 amide bonds. The first-order valence-electron chi connectivity index (χ1n) is 9.22. The second-order valence-electron chi connectivity index (χ2n) is 6.86. The number of fused-ring (bicyclic) bond motifs is 1. The Kier molecular flexibility index (Phi) is 4.95. The number of hydrogen-bond acceptors (Lipinski definition) is 6. The second-order valence-corrected chi connectivity index (χ2v) is 6.86. The Hall–Kier alpha value is -2.65. The Labute approximate surface area is 157 Å². The fourth-order valence-electron chi connectivity index (χ4n) is 3.66. The third kappa shape index (κ3) is 3.60. The van der Waals surface area contributed by atoms with Crippen molar-refractivity contribution in [3.05, 3.63) is 30.3 Å². The van der Waals surface area contributed by atoms with Crippen molar-refractivity contribution in [3.63, 3.8) is 0 Å². The second kappa shape index (κ2) is 7.53. The van der Waals surface area contributed by atoms with Crippen molar-refractivity contribution in [3.8, 4) is 0 Å². The van der Waals surface area contributed by atoms with Crippen LogP contribution in [0.3, 0.4) is 0 Å². The fraction of sp³-hybridized carbons (Fsp3) is 0.500. The highest BCUT2D eigenvalue weighted by atomic mass is 16.5. The summed E-state index contributed by atoms with van der Waals surface area (Å²) in [5.74, 6) is -1.63.